The number of nitrogens with zero attached hydrogens (tertiary/aromatic N) is 1. The topological polar surface area (TPSA) is 59.4 Å². The van der Waals surface area contributed by atoms with Gasteiger partial charge in [-0.1, -0.05) is 36.4 Å². The van der Waals surface area contributed by atoms with Gasteiger partial charge in [-0.05, 0) is 77.8 Å². The number of pyridine rings is 1. The van der Waals surface area contributed by atoms with Gasteiger partial charge in [-0.3, -0.25) is 4.98 Å². The van der Waals surface area contributed by atoms with Crippen molar-refractivity contribution >= 4 is 5.97 Å². The van der Waals surface area contributed by atoms with E-state index in [-0.39, 0.29) is 11.8 Å². The summed E-state index contributed by atoms with van der Waals surface area (Å²) in [6.07, 6.45) is 4.33. The van der Waals surface area contributed by atoms with E-state index in [0.717, 1.165) is 23.1 Å². The van der Waals surface area contributed by atoms with Crippen molar-refractivity contribution in [2.75, 3.05) is 0 Å². The van der Waals surface area contributed by atoms with E-state index in [0.29, 0.717) is 6.61 Å². The summed E-state index contributed by atoms with van der Waals surface area (Å²) in [7, 11) is 0. The average molecular weight is 399 g/mol. The third-order valence-electron chi connectivity index (χ3n) is 7.02. The normalized spacial score (nSPS) is 23.7. The molecule has 0 aliphatic heterocycles. The van der Waals surface area contributed by atoms with E-state index in [2.05, 4.69) is 50.0 Å². The van der Waals surface area contributed by atoms with E-state index in [9.17, 15) is 9.90 Å². The Bertz CT molecular complexity index is 1150. The van der Waals surface area contributed by atoms with Crippen LogP contribution in [0.15, 0.2) is 54.9 Å². The van der Waals surface area contributed by atoms with Crippen LogP contribution in [-0.4, -0.2) is 21.7 Å². The third-order valence-corrected chi connectivity index (χ3v) is 7.02. The molecule has 3 unspecified atom stereocenters. The lowest BCUT2D eigenvalue weighted by Gasteiger charge is -2.20. The minimum absolute atomic E-state index is 0.00342. The lowest BCUT2D eigenvalue weighted by molar-refractivity contribution is -0.156. The number of ether oxygens (including phenoxy) is 1. The van der Waals surface area contributed by atoms with Crippen molar-refractivity contribution in [3.05, 3.63) is 88.2 Å². The largest absolute Gasteiger partial charge is 0.479 e. The van der Waals surface area contributed by atoms with Gasteiger partial charge in [0.2, 0.25) is 0 Å². The Morgan fingerprint density at radius 1 is 1.13 bits per heavy atom. The maximum atomic E-state index is 12.2. The van der Waals surface area contributed by atoms with Crippen molar-refractivity contribution in [2.45, 2.75) is 45.3 Å². The molecule has 0 amide bonds. The summed E-state index contributed by atoms with van der Waals surface area (Å²) < 4.78 is 6.22. The summed E-state index contributed by atoms with van der Waals surface area (Å²) in [6.45, 7) is 6.64. The molecule has 1 N–H and O–H groups in total. The molecule has 4 nitrogen and oxygen atoms in total. The lowest BCUT2D eigenvalue weighted by Crippen LogP contribution is -2.32. The second-order valence-electron chi connectivity index (χ2n) is 8.61. The van der Waals surface area contributed by atoms with Crippen LogP contribution in [0.25, 0.3) is 11.1 Å². The Morgan fingerprint density at radius 2 is 1.87 bits per heavy atom. The van der Waals surface area contributed by atoms with Gasteiger partial charge in [0.15, 0.2) is 5.60 Å². The van der Waals surface area contributed by atoms with Crippen LogP contribution in [0, 0.1) is 26.7 Å². The third kappa shape index (κ3) is 2.63. The zero-order chi connectivity index (χ0) is 21.0. The van der Waals surface area contributed by atoms with E-state index in [1.165, 1.54) is 27.8 Å². The molecule has 1 fully saturated rings. The summed E-state index contributed by atoms with van der Waals surface area (Å²) in [4.78, 5) is 16.4. The first kappa shape index (κ1) is 19.0. The predicted molar refractivity (Wildman–Crippen MR) is 115 cm³/mol. The number of aliphatic carboxylic acids is 1. The Hall–Kier alpha value is -2.98. The van der Waals surface area contributed by atoms with Crippen LogP contribution in [0.3, 0.4) is 0 Å². The highest BCUT2D eigenvalue weighted by molar-refractivity contribution is 5.86. The molecule has 2 aliphatic carbocycles. The molecule has 4 heteroatoms. The zero-order valence-electron chi connectivity index (χ0n) is 17.5. The molecule has 0 radical (unpaired) electrons. The molecule has 152 valence electrons. The number of rotatable bonds is 5. The van der Waals surface area contributed by atoms with Crippen LogP contribution in [0.1, 0.15) is 39.3 Å². The predicted octanol–water partition coefficient (Wildman–Crippen LogP) is 4.98. The van der Waals surface area contributed by atoms with Crippen LogP contribution >= 0.6 is 0 Å². The van der Waals surface area contributed by atoms with Crippen molar-refractivity contribution in [2.24, 2.45) is 5.92 Å². The smallest absolute Gasteiger partial charge is 0.336 e. The van der Waals surface area contributed by atoms with E-state index >= 15 is 0 Å². The second-order valence-corrected chi connectivity index (χ2v) is 8.61. The van der Waals surface area contributed by atoms with Crippen LogP contribution in [-0.2, 0) is 22.6 Å². The standard InChI is InChI=1S/C26H25NO3/c1-15-6-4-7-16(2)23(15)20-9-5-8-19(17(20)3)14-30-26(25(28)29)22-12-18-10-11-27-13-21(18)24(22)26/h4-11,13,22,24H,12,14H2,1-3H3,(H,28,29). The highest BCUT2D eigenvalue weighted by Gasteiger charge is 2.74. The van der Waals surface area contributed by atoms with Crippen molar-refractivity contribution in [3.63, 3.8) is 0 Å². The molecule has 2 aromatic carbocycles. The molecule has 1 aromatic heterocycles. The van der Waals surface area contributed by atoms with Crippen LogP contribution < -0.4 is 0 Å². The highest BCUT2D eigenvalue weighted by atomic mass is 16.5. The molecule has 3 aromatic rings. The van der Waals surface area contributed by atoms with Gasteiger partial charge in [0, 0.05) is 24.2 Å². The summed E-state index contributed by atoms with van der Waals surface area (Å²) in [6, 6.07) is 14.5. The molecule has 1 heterocycles. The van der Waals surface area contributed by atoms with Gasteiger partial charge in [0.1, 0.15) is 0 Å². The van der Waals surface area contributed by atoms with Crippen molar-refractivity contribution in [3.8, 4) is 11.1 Å². The molecular formula is C26H25NO3. The van der Waals surface area contributed by atoms with E-state index < -0.39 is 11.6 Å². The number of fused-ring (bicyclic) bond motifs is 3. The molecule has 5 rings (SSSR count). The summed E-state index contributed by atoms with van der Waals surface area (Å²) in [5.41, 5.74) is 8.18. The molecule has 2 aliphatic rings. The van der Waals surface area contributed by atoms with E-state index in [1.54, 1.807) is 12.4 Å². The number of aryl methyl sites for hydroxylation is 2. The molecule has 30 heavy (non-hydrogen) atoms. The maximum absolute atomic E-state index is 12.2. The van der Waals surface area contributed by atoms with Crippen molar-refractivity contribution in [1.82, 2.24) is 4.98 Å². The van der Waals surface area contributed by atoms with E-state index in [1.807, 2.05) is 18.2 Å². The Balaban J connectivity index is 1.45. The quantitative estimate of drug-likeness (QED) is 0.657. The van der Waals surface area contributed by atoms with Gasteiger partial charge in [-0.15, -0.1) is 0 Å². The Labute approximate surface area is 176 Å². The summed E-state index contributed by atoms with van der Waals surface area (Å²) in [5, 5.41) is 10.0. The number of carboxylic acid groups (broad SMARTS) is 1. The average Bonchev–Trinajstić information content (AvgIpc) is 3.18. The number of hydrogen-bond acceptors (Lipinski definition) is 3. The number of carbonyl (C=O) groups is 1. The molecular weight excluding hydrogens is 374 g/mol. The first-order valence-corrected chi connectivity index (χ1v) is 10.4. The van der Waals surface area contributed by atoms with Crippen LogP contribution in [0.2, 0.25) is 0 Å². The summed E-state index contributed by atoms with van der Waals surface area (Å²) >= 11 is 0. The van der Waals surface area contributed by atoms with Crippen LogP contribution in [0.5, 0.6) is 0 Å². The van der Waals surface area contributed by atoms with Crippen LogP contribution in [0.4, 0.5) is 0 Å². The zero-order valence-corrected chi connectivity index (χ0v) is 17.5. The molecule has 1 saturated carbocycles. The fourth-order valence-electron chi connectivity index (χ4n) is 5.39. The van der Waals surface area contributed by atoms with E-state index in [4.69, 9.17) is 4.74 Å². The fraction of sp³-hybridized carbons (Fsp3) is 0.308. The number of hydrogen-bond donors (Lipinski definition) is 1. The summed E-state index contributed by atoms with van der Waals surface area (Å²) in [5.74, 6) is -0.965. The second kappa shape index (κ2) is 6.78. The molecule has 3 atom stereocenters. The SMILES string of the molecule is Cc1cccc(C)c1-c1cccc(COC2(C(=O)O)C3Cc4ccncc4C32)c1C. The Kier molecular flexibility index (Phi) is 4.30. The fourth-order valence-corrected chi connectivity index (χ4v) is 5.39. The minimum atomic E-state index is -1.13. The Morgan fingerprint density at radius 3 is 2.60 bits per heavy atom. The molecule has 0 bridgehead atoms. The highest BCUT2D eigenvalue weighted by Crippen LogP contribution is 2.66. The maximum Gasteiger partial charge on any atom is 0.336 e. The van der Waals surface area contributed by atoms with Gasteiger partial charge >= 0.3 is 5.97 Å². The van der Waals surface area contributed by atoms with Gasteiger partial charge in [0.25, 0.3) is 0 Å². The first-order valence-electron chi connectivity index (χ1n) is 10.4. The van der Waals surface area contributed by atoms with Gasteiger partial charge in [-0.2, -0.15) is 0 Å². The minimum Gasteiger partial charge on any atom is -0.479 e. The lowest BCUT2D eigenvalue weighted by atomic mass is 9.91. The molecule has 0 saturated heterocycles. The van der Waals surface area contributed by atoms with Gasteiger partial charge < -0.3 is 9.84 Å². The van der Waals surface area contributed by atoms with Crippen molar-refractivity contribution in [1.29, 1.82) is 0 Å². The van der Waals surface area contributed by atoms with Gasteiger partial charge in [0.05, 0.1) is 6.61 Å². The number of aromatic nitrogens is 1. The first-order chi connectivity index (χ1) is 14.4. The number of benzene rings is 2. The monoisotopic (exact) mass is 399 g/mol. The van der Waals surface area contributed by atoms with Gasteiger partial charge in [-0.25, -0.2) is 4.79 Å². The molecule has 0 spiro atoms. The number of carboxylic acids is 1. The van der Waals surface area contributed by atoms with Crippen molar-refractivity contribution < 1.29 is 14.6 Å².